The molecule has 0 radical (unpaired) electrons. The molecule has 128 valence electrons. The van der Waals surface area contributed by atoms with Crippen molar-refractivity contribution in [1.82, 2.24) is 15.2 Å². The molecular formula is C18H23N3O2S. The minimum Gasteiger partial charge on any atom is -0.350 e. The van der Waals surface area contributed by atoms with Crippen LogP contribution in [0.4, 0.5) is 0 Å². The molecule has 0 aliphatic rings. The van der Waals surface area contributed by atoms with Gasteiger partial charge in [-0.05, 0) is 45.9 Å². The van der Waals surface area contributed by atoms with Crippen molar-refractivity contribution in [2.45, 2.75) is 33.2 Å². The van der Waals surface area contributed by atoms with Gasteiger partial charge in [0.05, 0.1) is 16.8 Å². The van der Waals surface area contributed by atoms with E-state index < -0.39 is 0 Å². The zero-order valence-electron chi connectivity index (χ0n) is 14.5. The SMILES string of the molecule is CCN(CC(=O)NC(C)(C)C)C(=O)/C=C/c1nc2ccccc2s1. The van der Waals surface area contributed by atoms with Gasteiger partial charge in [0.15, 0.2) is 0 Å². The Morgan fingerprint density at radius 3 is 2.62 bits per heavy atom. The summed E-state index contributed by atoms with van der Waals surface area (Å²) in [6, 6.07) is 7.85. The van der Waals surface area contributed by atoms with E-state index in [4.69, 9.17) is 0 Å². The summed E-state index contributed by atoms with van der Waals surface area (Å²) in [5.41, 5.74) is 0.614. The van der Waals surface area contributed by atoms with Crippen LogP contribution in [0.2, 0.25) is 0 Å². The number of hydrogen-bond donors (Lipinski definition) is 1. The van der Waals surface area contributed by atoms with E-state index in [0.29, 0.717) is 6.54 Å². The molecule has 0 aliphatic heterocycles. The van der Waals surface area contributed by atoms with Crippen molar-refractivity contribution in [2.24, 2.45) is 0 Å². The number of thiazole rings is 1. The van der Waals surface area contributed by atoms with Crippen LogP contribution in [-0.2, 0) is 9.59 Å². The first-order valence-corrected chi connectivity index (χ1v) is 8.73. The number of benzene rings is 1. The Morgan fingerprint density at radius 2 is 2.00 bits per heavy atom. The van der Waals surface area contributed by atoms with Gasteiger partial charge in [-0.1, -0.05) is 12.1 Å². The van der Waals surface area contributed by atoms with Crippen molar-refractivity contribution in [2.75, 3.05) is 13.1 Å². The maximum atomic E-state index is 12.3. The van der Waals surface area contributed by atoms with Gasteiger partial charge in [-0.3, -0.25) is 9.59 Å². The van der Waals surface area contributed by atoms with Gasteiger partial charge < -0.3 is 10.2 Å². The lowest BCUT2D eigenvalue weighted by Crippen LogP contribution is -2.47. The molecule has 0 saturated carbocycles. The number of para-hydroxylation sites is 1. The smallest absolute Gasteiger partial charge is 0.247 e. The highest BCUT2D eigenvalue weighted by Crippen LogP contribution is 2.22. The third-order valence-corrected chi connectivity index (χ3v) is 4.22. The van der Waals surface area contributed by atoms with E-state index in [0.717, 1.165) is 15.2 Å². The summed E-state index contributed by atoms with van der Waals surface area (Å²) in [5, 5.41) is 3.64. The largest absolute Gasteiger partial charge is 0.350 e. The van der Waals surface area contributed by atoms with Crippen molar-refractivity contribution in [1.29, 1.82) is 0 Å². The molecule has 2 aromatic rings. The van der Waals surface area contributed by atoms with Crippen LogP contribution in [0, 0.1) is 0 Å². The predicted octanol–water partition coefficient (Wildman–Crippen LogP) is 3.07. The standard InChI is InChI=1S/C18H23N3O2S/c1-5-21(12-15(22)20-18(2,3)4)17(23)11-10-16-19-13-8-6-7-9-14(13)24-16/h6-11H,5,12H2,1-4H3,(H,20,22)/b11-10+. The number of nitrogens with one attached hydrogen (secondary N) is 1. The molecule has 2 rings (SSSR count). The lowest BCUT2D eigenvalue weighted by Gasteiger charge is -2.24. The molecule has 1 aromatic carbocycles. The average Bonchev–Trinajstić information content (AvgIpc) is 2.91. The number of hydrogen-bond acceptors (Lipinski definition) is 4. The molecule has 0 bridgehead atoms. The molecule has 24 heavy (non-hydrogen) atoms. The molecule has 0 fully saturated rings. The Labute approximate surface area is 146 Å². The third kappa shape index (κ3) is 5.16. The Balaban J connectivity index is 2.01. The van der Waals surface area contributed by atoms with Crippen LogP contribution >= 0.6 is 11.3 Å². The quantitative estimate of drug-likeness (QED) is 0.847. The summed E-state index contributed by atoms with van der Waals surface area (Å²) in [6.07, 6.45) is 3.18. The number of fused-ring (bicyclic) bond motifs is 1. The Morgan fingerprint density at radius 1 is 1.29 bits per heavy atom. The number of carbonyl (C=O) groups is 2. The minimum atomic E-state index is -0.309. The van der Waals surface area contributed by atoms with Crippen LogP contribution in [0.1, 0.15) is 32.7 Å². The Bertz CT molecular complexity index is 726. The van der Waals surface area contributed by atoms with Crippen LogP contribution in [0.25, 0.3) is 16.3 Å². The first kappa shape index (κ1) is 18.1. The second-order valence-electron chi connectivity index (χ2n) is 6.50. The van der Waals surface area contributed by atoms with Crippen LogP contribution in [0.3, 0.4) is 0 Å². The van der Waals surface area contributed by atoms with Crippen LogP contribution in [-0.4, -0.2) is 40.3 Å². The van der Waals surface area contributed by atoms with Crippen molar-refractivity contribution >= 4 is 39.4 Å². The summed E-state index contributed by atoms with van der Waals surface area (Å²) in [5.74, 6) is -0.355. The molecule has 0 spiro atoms. The van der Waals surface area contributed by atoms with Crippen LogP contribution in [0.5, 0.6) is 0 Å². The van der Waals surface area contributed by atoms with Gasteiger partial charge in [0, 0.05) is 18.2 Å². The molecule has 1 aromatic heterocycles. The van der Waals surface area contributed by atoms with Crippen molar-refractivity contribution in [3.63, 3.8) is 0 Å². The monoisotopic (exact) mass is 345 g/mol. The topological polar surface area (TPSA) is 62.3 Å². The molecule has 0 atom stereocenters. The average molecular weight is 345 g/mol. The fourth-order valence-electron chi connectivity index (χ4n) is 2.19. The number of likely N-dealkylation sites (N-methyl/N-ethyl adjacent to an activating group) is 1. The fourth-order valence-corrected chi connectivity index (χ4v) is 3.06. The Hall–Kier alpha value is -2.21. The molecule has 2 amide bonds. The van der Waals surface area contributed by atoms with E-state index in [2.05, 4.69) is 10.3 Å². The van der Waals surface area contributed by atoms with E-state index in [1.54, 1.807) is 6.08 Å². The summed E-state index contributed by atoms with van der Waals surface area (Å²) in [4.78, 5) is 30.3. The van der Waals surface area contributed by atoms with Gasteiger partial charge >= 0.3 is 0 Å². The van der Waals surface area contributed by atoms with Gasteiger partial charge in [0.1, 0.15) is 5.01 Å². The van der Waals surface area contributed by atoms with Gasteiger partial charge in [0.25, 0.3) is 0 Å². The summed E-state index contributed by atoms with van der Waals surface area (Å²) in [7, 11) is 0. The highest BCUT2D eigenvalue weighted by molar-refractivity contribution is 7.19. The summed E-state index contributed by atoms with van der Waals surface area (Å²) < 4.78 is 1.08. The van der Waals surface area contributed by atoms with Gasteiger partial charge in [-0.2, -0.15) is 0 Å². The highest BCUT2D eigenvalue weighted by atomic mass is 32.1. The minimum absolute atomic E-state index is 0.0524. The number of nitrogens with zero attached hydrogens (tertiary/aromatic N) is 2. The van der Waals surface area contributed by atoms with Crippen LogP contribution < -0.4 is 5.32 Å². The zero-order valence-corrected chi connectivity index (χ0v) is 15.3. The molecule has 0 aliphatic carbocycles. The fraction of sp³-hybridized carbons (Fsp3) is 0.389. The van der Waals surface area contributed by atoms with Crippen molar-refractivity contribution in [3.05, 3.63) is 35.3 Å². The highest BCUT2D eigenvalue weighted by Gasteiger charge is 2.18. The second kappa shape index (κ2) is 7.57. The molecule has 0 saturated heterocycles. The molecule has 6 heteroatoms. The van der Waals surface area contributed by atoms with E-state index >= 15 is 0 Å². The van der Waals surface area contributed by atoms with E-state index in [1.165, 1.54) is 22.3 Å². The number of amides is 2. The molecule has 0 unspecified atom stereocenters. The second-order valence-corrected chi connectivity index (χ2v) is 7.57. The van der Waals surface area contributed by atoms with Crippen molar-refractivity contribution < 1.29 is 9.59 Å². The van der Waals surface area contributed by atoms with E-state index in [-0.39, 0.29) is 23.9 Å². The van der Waals surface area contributed by atoms with Crippen molar-refractivity contribution in [3.8, 4) is 0 Å². The maximum absolute atomic E-state index is 12.3. The Kier molecular flexibility index (Phi) is 5.72. The van der Waals surface area contributed by atoms with Gasteiger partial charge in [-0.15, -0.1) is 11.3 Å². The third-order valence-electron chi connectivity index (χ3n) is 3.22. The maximum Gasteiger partial charge on any atom is 0.247 e. The van der Waals surface area contributed by atoms with E-state index in [1.807, 2.05) is 52.0 Å². The zero-order chi connectivity index (χ0) is 17.7. The number of rotatable bonds is 5. The molecule has 5 nitrogen and oxygen atoms in total. The van der Waals surface area contributed by atoms with Crippen LogP contribution in [0.15, 0.2) is 30.3 Å². The lowest BCUT2D eigenvalue weighted by molar-refractivity contribution is -0.132. The van der Waals surface area contributed by atoms with E-state index in [9.17, 15) is 9.59 Å². The summed E-state index contributed by atoms with van der Waals surface area (Å²) in [6.45, 7) is 8.12. The van der Waals surface area contributed by atoms with Gasteiger partial charge in [0.2, 0.25) is 11.8 Å². The van der Waals surface area contributed by atoms with Gasteiger partial charge in [-0.25, -0.2) is 4.98 Å². The number of aromatic nitrogens is 1. The summed E-state index contributed by atoms with van der Waals surface area (Å²) >= 11 is 1.53. The lowest BCUT2D eigenvalue weighted by atomic mass is 10.1. The number of carbonyl (C=O) groups excluding carboxylic acids is 2. The molecule has 1 heterocycles. The first-order valence-electron chi connectivity index (χ1n) is 7.92. The first-order chi connectivity index (χ1) is 11.3. The molecule has 1 N–H and O–H groups in total. The predicted molar refractivity (Wildman–Crippen MR) is 98.8 cm³/mol. The molecular weight excluding hydrogens is 322 g/mol. The normalized spacial score (nSPS) is 11.8.